The molecule has 0 bridgehead atoms. The van der Waals surface area contributed by atoms with Gasteiger partial charge in [-0.1, -0.05) is 12.1 Å². The molecular formula is C14H19N5O. The number of aromatic nitrogens is 3. The highest BCUT2D eigenvalue weighted by Gasteiger charge is 2.08. The zero-order chi connectivity index (χ0) is 14.7. The Balaban J connectivity index is 2.28. The number of anilines is 3. The second-order valence-corrected chi connectivity index (χ2v) is 4.91. The van der Waals surface area contributed by atoms with Crippen molar-refractivity contribution in [3.63, 3.8) is 0 Å². The molecule has 0 aliphatic carbocycles. The predicted molar refractivity (Wildman–Crippen MR) is 79.2 cm³/mol. The fraction of sp³-hybridized carbons (Fsp3) is 0.357. The Morgan fingerprint density at radius 2 is 1.90 bits per heavy atom. The van der Waals surface area contributed by atoms with E-state index >= 15 is 0 Å². The van der Waals surface area contributed by atoms with Crippen LogP contribution < -0.4 is 15.8 Å². The summed E-state index contributed by atoms with van der Waals surface area (Å²) >= 11 is 0. The van der Waals surface area contributed by atoms with Crippen LogP contribution in [0.1, 0.15) is 25.0 Å². The first kappa shape index (κ1) is 14.0. The molecule has 0 aliphatic rings. The topological polar surface area (TPSA) is 86.0 Å². The Morgan fingerprint density at radius 1 is 1.15 bits per heavy atom. The number of benzene rings is 1. The van der Waals surface area contributed by atoms with Crippen molar-refractivity contribution in [1.82, 2.24) is 15.0 Å². The Kier molecular flexibility index (Phi) is 4.02. The average Bonchev–Trinajstić information content (AvgIpc) is 2.32. The number of aryl methyl sites for hydroxylation is 2. The first-order valence-corrected chi connectivity index (χ1v) is 6.46. The SMILES string of the molecule is Cc1ccc(C)c(Nc2nc(N)nc(OC(C)C)n2)c1. The van der Waals surface area contributed by atoms with Crippen LogP contribution >= 0.6 is 0 Å². The van der Waals surface area contributed by atoms with Crippen LogP contribution in [0.5, 0.6) is 6.01 Å². The van der Waals surface area contributed by atoms with E-state index in [1.165, 1.54) is 0 Å². The van der Waals surface area contributed by atoms with Crippen LogP contribution in [0.15, 0.2) is 18.2 Å². The minimum atomic E-state index is -0.0228. The lowest BCUT2D eigenvalue weighted by Gasteiger charge is -2.11. The van der Waals surface area contributed by atoms with Crippen LogP contribution in [0.25, 0.3) is 0 Å². The van der Waals surface area contributed by atoms with E-state index in [2.05, 4.69) is 26.3 Å². The normalized spacial score (nSPS) is 10.7. The quantitative estimate of drug-likeness (QED) is 0.890. The predicted octanol–water partition coefficient (Wildman–Crippen LogP) is 2.60. The Hall–Kier alpha value is -2.37. The summed E-state index contributed by atoms with van der Waals surface area (Å²) in [6.07, 6.45) is -0.0228. The molecule has 6 heteroatoms. The van der Waals surface area contributed by atoms with E-state index in [1.807, 2.05) is 39.8 Å². The molecule has 3 N–H and O–H groups in total. The molecule has 0 radical (unpaired) electrons. The molecule has 0 atom stereocenters. The summed E-state index contributed by atoms with van der Waals surface area (Å²) in [4.78, 5) is 12.2. The van der Waals surface area contributed by atoms with Gasteiger partial charge < -0.3 is 15.8 Å². The third kappa shape index (κ3) is 3.57. The second kappa shape index (κ2) is 5.73. The van der Waals surface area contributed by atoms with Crippen molar-refractivity contribution in [3.05, 3.63) is 29.3 Å². The number of hydrogen-bond donors (Lipinski definition) is 2. The van der Waals surface area contributed by atoms with Crippen molar-refractivity contribution < 1.29 is 4.74 Å². The fourth-order valence-corrected chi connectivity index (χ4v) is 1.68. The molecule has 1 aromatic heterocycles. The van der Waals surface area contributed by atoms with Crippen LogP contribution in [-0.2, 0) is 0 Å². The Bertz CT molecular complexity index is 613. The molecule has 106 valence electrons. The van der Waals surface area contributed by atoms with Crippen LogP contribution in [0, 0.1) is 13.8 Å². The fourth-order valence-electron chi connectivity index (χ4n) is 1.68. The highest BCUT2D eigenvalue weighted by Crippen LogP contribution is 2.21. The lowest BCUT2D eigenvalue weighted by atomic mass is 10.1. The van der Waals surface area contributed by atoms with Crippen molar-refractivity contribution in [1.29, 1.82) is 0 Å². The van der Waals surface area contributed by atoms with Gasteiger partial charge in [0, 0.05) is 5.69 Å². The van der Waals surface area contributed by atoms with E-state index in [-0.39, 0.29) is 18.1 Å². The molecule has 0 unspecified atom stereocenters. The minimum absolute atomic E-state index is 0.0228. The van der Waals surface area contributed by atoms with E-state index in [1.54, 1.807) is 0 Å². The van der Waals surface area contributed by atoms with Gasteiger partial charge in [0.1, 0.15) is 0 Å². The monoisotopic (exact) mass is 273 g/mol. The molecule has 0 fully saturated rings. The van der Waals surface area contributed by atoms with Gasteiger partial charge in [-0.25, -0.2) is 0 Å². The molecule has 6 nitrogen and oxygen atoms in total. The number of rotatable bonds is 4. The van der Waals surface area contributed by atoms with Gasteiger partial charge >= 0.3 is 6.01 Å². The first-order chi connectivity index (χ1) is 9.44. The maximum atomic E-state index is 5.67. The first-order valence-electron chi connectivity index (χ1n) is 6.46. The van der Waals surface area contributed by atoms with Gasteiger partial charge in [0.2, 0.25) is 11.9 Å². The lowest BCUT2D eigenvalue weighted by molar-refractivity contribution is 0.222. The highest BCUT2D eigenvalue weighted by atomic mass is 16.5. The van der Waals surface area contributed by atoms with Gasteiger partial charge in [0.05, 0.1) is 6.10 Å². The summed E-state index contributed by atoms with van der Waals surface area (Å²) in [6.45, 7) is 7.84. The van der Waals surface area contributed by atoms with Crippen LogP contribution in [0.4, 0.5) is 17.6 Å². The van der Waals surface area contributed by atoms with Gasteiger partial charge in [-0.15, -0.1) is 0 Å². The van der Waals surface area contributed by atoms with E-state index < -0.39 is 0 Å². The molecular weight excluding hydrogens is 254 g/mol. The number of nitrogens with one attached hydrogen (secondary N) is 1. The summed E-state index contributed by atoms with van der Waals surface area (Å²) in [5.41, 5.74) is 8.86. The number of ether oxygens (including phenoxy) is 1. The van der Waals surface area contributed by atoms with E-state index in [4.69, 9.17) is 10.5 Å². The summed E-state index contributed by atoms with van der Waals surface area (Å²) in [6, 6.07) is 6.34. The number of nitrogen functional groups attached to an aromatic ring is 1. The third-order valence-corrected chi connectivity index (χ3v) is 2.61. The smallest absolute Gasteiger partial charge is 0.323 e. The van der Waals surface area contributed by atoms with Gasteiger partial charge in [-0.3, -0.25) is 0 Å². The van der Waals surface area contributed by atoms with Crippen molar-refractivity contribution in [2.75, 3.05) is 11.1 Å². The molecule has 0 saturated heterocycles. The van der Waals surface area contributed by atoms with Gasteiger partial charge in [-0.2, -0.15) is 15.0 Å². The molecule has 0 amide bonds. The van der Waals surface area contributed by atoms with Gasteiger partial charge in [0.15, 0.2) is 0 Å². The van der Waals surface area contributed by atoms with Gasteiger partial charge in [-0.05, 0) is 44.9 Å². The summed E-state index contributed by atoms with van der Waals surface area (Å²) in [5.74, 6) is 0.505. The molecule has 2 rings (SSSR count). The number of nitrogens with zero attached hydrogens (tertiary/aromatic N) is 3. The van der Waals surface area contributed by atoms with Crippen molar-refractivity contribution in [2.45, 2.75) is 33.8 Å². The molecule has 20 heavy (non-hydrogen) atoms. The minimum Gasteiger partial charge on any atom is -0.461 e. The summed E-state index contributed by atoms with van der Waals surface area (Å²) < 4.78 is 5.45. The molecule has 1 heterocycles. The lowest BCUT2D eigenvalue weighted by Crippen LogP contribution is -2.12. The maximum Gasteiger partial charge on any atom is 0.323 e. The molecule has 0 spiro atoms. The van der Waals surface area contributed by atoms with Crippen molar-refractivity contribution >= 4 is 17.6 Å². The Labute approximate surface area is 118 Å². The zero-order valence-corrected chi connectivity index (χ0v) is 12.1. The van der Waals surface area contributed by atoms with Crippen molar-refractivity contribution in [3.8, 4) is 6.01 Å². The maximum absolute atomic E-state index is 5.67. The number of nitrogens with two attached hydrogens (primary N) is 1. The van der Waals surface area contributed by atoms with Crippen LogP contribution in [0.2, 0.25) is 0 Å². The Morgan fingerprint density at radius 3 is 2.60 bits per heavy atom. The number of hydrogen-bond acceptors (Lipinski definition) is 6. The van der Waals surface area contributed by atoms with E-state index in [0.717, 1.165) is 16.8 Å². The van der Waals surface area contributed by atoms with E-state index in [0.29, 0.717) is 5.95 Å². The van der Waals surface area contributed by atoms with Crippen LogP contribution in [-0.4, -0.2) is 21.1 Å². The van der Waals surface area contributed by atoms with Crippen LogP contribution in [0.3, 0.4) is 0 Å². The molecule has 0 aliphatic heterocycles. The highest BCUT2D eigenvalue weighted by molar-refractivity contribution is 5.59. The van der Waals surface area contributed by atoms with Gasteiger partial charge in [0.25, 0.3) is 0 Å². The second-order valence-electron chi connectivity index (χ2n) is 4.91. The largest absolute Gasteiger partial charge is 0.461 e. The summed E-state index contributed by atoms with van der Waals surface area (Å²) in [7, 11) is 0. The molecule has 1 aromatic carbocycles. The van der Waals surface area contributed by atoms with E-state index in [9.17, 15) is 0 Å². The molecule has 0 saturated carbocycles. The summed E-state index contributed by atoms with van der Waals surface area (Å²) in [5, 5.41) is 3.15. The molecule has 2 aromatic rings. The zero-order valence-electron chi connectivity index (χ0n) is 12.1. The van der Waals surface area contributed by atoms with Crippen molar-refractivity contribution in [2.24, 2.45) is 0 Å². The standard InChI is InChI=1S/C14H19N5O/c1-8(2)20-14-18-12(15)17-13(19-14)16-11-7-9(3)5-6-10(11)4/h5-8H,1-4H3,(H3,15,16,17,18,19). The average molecular weight is 273 g/mol. The third-order valence-electron chi connectivity index (χ3n) is 2.61.